The number of nitroso groups, excluding NO2 is 1. The number of hydrogen-bond donors (Lipinski definition) is 1. The van der Waals surface area contributed by atoms with Crippen LogP contribution in [0.15, 0.2) is 43.0 Å². The van der Waals surface area contributed by atoms with Crippen molar-refractivity contribution in [1.82, 2.24) is 15.2 Å². The molecule has 1 aromatic rings. The van der Waals surface area contributed by atoms with Crippen LogP contribution in [0.5, 0.6) is 0 Å². The van der Waals surface area contributed by atoms with Gasteiger partial charge in [0.15, 0.2) is 0 Å². The molecule has 2 atom stereocenters. The number of nitrogens with zero attached hydrogens (tertiary/aromatic N) is 3. The Morgan fingerprint density at radius 1 is 1.35 bits per heavy atom. The van der Waals surface area contributed by atoms with Crippen molar-refractivity contribution >= 4 is 5.91 Å². The molecule has 0 radical (unpaired) electrons. The highest BCUT2D eigenvalue weighted by molar-refractivity contribution is 5.86. The standard InChI is InChI=1S/C17H22N4O2/c1-2-16(22)18-10-15-12-19(11-14-6-4-3-5-7-14)17-8-9-21(23)20(17)13-15/h2-7,15,17H,1,8-13H2/p+1. The number of carbonyl (C=O) groups excluding carboxylic acids is 1. The number of nitrogens with one attached hydrogen (secondary N) is 1. The molecule has 2 saturated heterocycles. The maximum absolute atomic E-state index is 12.1. The van der Waals surface area contributed by atoms with Crippen molar-refractivity contribution in [2.75, 3.05) is 26.2 Å². The fourth-order valence-electron chi connectivity index (χ4n) is 3.45. The zero-order chi connectivity index (χ0) is 16.2. The average Bonchev–Trinajstić information content (AvgIpc) is 2.95. The van der Waals surface area contributed by atoms with Crippen LogP contribution in [0.1, 0.15) is 12.0 Å². The van der Waals surface area contributed by atoms with E-state index in [0.717, 1.165) is 24.4 Å². The Hall–Kier alpha value is -2.21. The molecule has 0 saturated carbocycles. The largest absolute Gasteiger partial charge is 0.352 e. The van der Waals surface area contributed by atoms with Crippen molar-refractivity contribution in [2.24, 2.45) is 5.92 Å². The Balaban J connectivity index is 1.69. The third-order valence-electron chi connectivity index (χ3n) is 4.55. The summed E-state index contributed by atoms with van der Waals surface area (Å²) >= 11 is 0. The van der Waals surface area contributed by atoms with E-state index in [1.165, 1.54) is 11.6 Å². The molecule has 2 heterocycles. The second kappa shape index (κ2) is 6.91. The molecule has 1 N–H and O–H groups in total. The summed E-state index contributed by atoms with van der Waals surface area (Å²) in [5.41, 5.74) is 1.24. The van der Waals surface area contributed by atoms with E-state index >= 15 is 0 Å². The van der Waals surface area contributed by atoms with Crippen LogP contribution in [0.25, 0.3) is 0 Å². The van der Waals surface area contributed by atoms with Crippen molar-refractivity contribution < 1.29 is 9.66 Å². The number of hydrogen-bond acceptors (Lipinski definition) is 3. The Morgan fingerprint density at radius 3 is 2.87 bits per heavy atom. The SMILES string of the molecule is C=CC(=O)NCC1CN(Cc2ccccc2)C2CC[N+](=O)N2C1. The maximum Gasteiger partial charge on any atom is 0.243 e. The van der Waals surface area contributed by atoms with Gasteiger partial charge in [-0.2, -0.15) is 0 Å². The molecule has 1 amide bonds. The second-order valence-electron chi connectivity index (χ2n) is 6.20. The number of rotatable bonds is 5. The molecule has 6 heteroatoms. The summed E-state index contributed by atoms with van der Waals surface area (Å²) in [5.74, 6) is 0.0653. The van der Waals surface area contributed by atoms with Gasteiger partial charge in [0.1, 0.15) is 11.0 Å². The minimum absolute atomic E-state index is 0.165. The van der Waals surface area contributed by atoms with Gasteiger partial charge >= 0.3 is 0 Å². The molecular formula is C17H23N4O2+. The summed E-state index contributed by atoms with van der Waals surface area (Å²) in [6.07, 6.45) is 2.31. The van der Waals surface area contributed by atoms with E-state index in [2.05, 4.69) is 28.9 Å². The molecule has 0 aliphatic carbocycles. The molecule has 2 unspecified atom stereocenters. The molecule has 0 spiro atoms. The van der Waals surface area contributed by atoms with Gasteiger partial charge in [0, 0.05) is 25.6 Å². The van der Waals surface area contributed by atoms with Crippen molar-refractivity contribution in [3.05, 3.63) is 53.5 Å². The first-order valence-corrected chi connectivity index (χ1v) is 8.07. The first-order chi connectivity index (χ1) is 11.2. The first-order valence-electron chi connectivity index (χ1n) is 8.07. The molecule has 0 bridgehead atoms. The summed E-state index contributed by atoms with van der Waals surface area (Å²) in [4.78, 5) is 26.9. The predicted molar refractivity (Wildman–Crippen MR) is 87.2 cm³/mol. The number of hydrazine groups is 1. The fraction of sp³-hybridized carbons (Fsp3) is 0.471. The Morgan fingerprint density at radius 2 is 2.13 bits per heavy atom. The summed E-state index contributed by atoms with van der Waals surface area (Å²) < 4.78 is 0. The van der Waals surface area contributed by atoms with Gasteiger partial charge in [-0.15, -0.1) is 5.01 Å². The van der Waals surface area contributed by atoms with Crippen LogP contribution in [-0.2, 0) is 11.3 Å². The zero-order valence-electron chi connectivity index (χ0n) is 13.2. The summed E-state index contributed by atoms with van der Waals surface area (Å²) in [6, 6.07) is 10.3. The molecule has 1 aromatic carbocycles. The van der Waals surface area contributed by atoms with Gasteiger partial charge in [-0.25, -0.2) is 0 Å². The highest BCUT2D eigenvalue weighted by Gasteiger charge is 2.46. The molecule has 122 valence electrons. The quantitative estimate of drug-likeness (QED) is 0.654. The van der Waals surface area contributed by atoms with Crippen molar-refractivity contribution in [3.8, 4) is 0 Å². The molecular weight excluding hydrogens is 292 g/mol. The van der Waals surface area contributed by atoms with Gasteiger partial charge in [0.2, 0.25) is 12.5 Å². The van der Waals surface area contributed by atoms with E-state index in [4.69, 9.17) is 0 Å². The van der Waals surface area contributed by atoms with Crippen LogP contribution in [0.3, 0.4) is 0 Å². The van der Waals surface area contributed by atoms with Gasteiger partial charge in [-0.3, -0.25) is 9.69 Å². The molecule has 2 fully saturated rings. The third kappa shape index (κ3) is 3.59. The summed E-state index contributed by atoms with van der Waals surface area (Å²) in [7, 11) is 0. The van der Waals surface area contributed by atoms with E-state index in [1.807, 2.05) is 23.2 Å². The number of benzene rings is 1. The normalized spacial score (nSPS) is 24.3. The summed E-state index contributed by atoms with van der Waals surface area (Å²) in [5, 5.41) is 4.75. The topological polar surface area (TPSA) is 55.7 Å². The van der Waals surface area contributed by atoms with E-state index in [0.29, 0.717) is 19.6 Å². The van der Waals surface area contributed by atoms with Gasteiger partial charge in [-0.05, 0) is 11.6 Å². The smallest absolute Gasteiger partial charge is 0.243 e. The Labute approximate surface area is 136 Å². The van der Waals surface area contributed by atoms with E-state index in [1.54, 1.807) is 0 Å². The van der Waals surface area contributed by atoms with Gasteiger partial charge in [0.25, 0.3) is 0 Å². The lowest BCUT2D eigenvalue weighted by atomic mass is 10.0. The van der Waals surface area contributed by atoms with Gasteiger partial charge < -0.3 is 5.32 Å². The summed E-state index contributed by atoms with van der Waals surface area (Å²) in [6.45, 7) is 6.96. The minimum Gasteiger partial charge on any atom is -0.352 e. The molecule has 23 heavy (non-hydrogen) atoms. The van der Waals surface area contributed by atoms with Crippen molar-refractivity contribution in [3.63, 3.8) is 0 Å². The molecule has 0 aromatic heterocycles. The predicted octanol–water partition coefficient (Wildman–Crippen LogP) is 1.15. The van der Waals surface area contributed by atoms with E-state index in [-0.39, 0.29) is 18.0 Å². The van der Waals surface area contributed by atoms with Crippen LogP contribution in [0.4, 0.5) is 0 Å². The van der Waals surface area contributed by atoms with Crippen LogP contribution in [0.2, 0.25) is 0 Å². The first kappa shape index (κ1) is 15.7. The molecule has 3 rings (SSSR count). The third-order valence-corrected chi connectivity index (χ3v) is 4.55. The van der Waals surface area contributed by atoms with Crippen molar-refractivity contribution in [2.45, 2.75) is 19.1 Å². The lowest BCUT2D eigenvalue weighted by molar-refractivity contribution is -0.697. The van der Waals surface area contributed by atoms with Gasteiger partial charge in [0.05, 0.1) is 17.9 Å². The molecule has 2 aliphatic heterocycles. The van der Waals surface area contributed by atoms with Gasteiger partial charge in [-0.1, -0.05) is 36.9 Å². The van der Waals surface area contributed by atoms with E-state index < -0.39 is 0 Å². The van der Waals surface area contributed by atoms with Crippen LogP contribution in [0, 0.1) is 10.8 Å². The molecule has 6 nitrogen and oxygen atoms in total. The second-order valence-corrected chi connectivity index (χ2v) is 6.20. The maximum atomic E-state index is 12.1. The number of amides is 1. The fourth-order valence-corrected chi connectivity index (χ4v) is 3.45. The average molecular weight is 315 g/mol. The Bertz CT molecular complexity index is 590. The van der Waals surface area contributed by atoms with Crippen LogP contribution < -0.4 is 5.32 Å². The lowest BCUT2D eigenvalue weighted by Crippen LogP contribution is -2.57. The minimum atomic E-state index is -0.165. The van der Waals surface area contributed by atoms with E-state index in [9.17, 15) is 9.70 Å². The lowest BCUT2D eigenvalue weighted by Gasteiger charge is -2.39. The monoisotopic (exact) mass is 315 g/mol. The number of fused-ring (bicyclic) bond motifs is 1. The highest BCUT2D eigenvalue weighted by Crippen LogP contribution is 2.27. The van der Waals surface area contributed by atoms with Crippen LogP contribution >= 0.6 is 0 Å². The van der Waals surface area contributed by atoms with Crippen molar-refractivity contribution in [1.29, 1.82) is 0 Å². The zero-order valence-corrected chi connectivity index (χ0v) is 13.2. The molecule has 2 aliphatic rings. The van der Waals surface area contributed by atoms with Crippen LogP contribution in [-0.4, -0.2) is 53.0 Å². The highest BCUT2D eigenvalue weighted by atomic mass is 16.3. The Kier molecular flexibility index (Phi) is 4.71. The number of carbonyl (C=O) groups is 1.